The molecular weight excluding hydrogens is 220 g/mol. The normalized spacial score (nSPS) is 32.8. The molecule has 0 spiro atoms. The number of amides is 1. The van der Waals surface area contributed by atoms with Gasteiger partial charge in [-0.3, -0.25) is 9.59 Å². The van der Waals surface area contributed by atoms with Gasteiger partial charge in [0.1, 0.15) is 5.54 Å². The van der Waals surface area contributed by atoms with E-state index in [-0.39, 0.29) is 18.4 Å². The second-order valence-corrected chi connectivity index (χ2v) is 4.95. The Morgan fingerprint density at radius 2 is 2.18 bits per heavy atom. The van der Waals surface area contributed by atoms with Crippen LogP contribution in [0, 0.1) is 5.92 Å². The third kappa shape index (κ3) is 2.34. The summed E-state index contributed by atoms with van der Waals surface area (Å²) >= 11 is 0. The van der Waals surface area contributed by atoms with Crippen LogP contribution in [-0.2, 0) is 9.59 Å². The fourth-order valence-corrected chi connectivity index (χ4v) is 2.47. The first-order valence-corrected chi connectivity index (χ1v) is 5.99. The Labute approximate surface area is 100 Å². The average Bonchev–Trinajstić information content (AvgIpc) is 2.74. The molecule has 0 radical (unpaired) electrons. The average molecular weight is 238 g/mol. The van der Waals surface area contributed by atoms with Crippen LogP contribution in [0.2, 0.25) is 0 Å². The first-order valence-electron chi connectivity index (χ1n) is 5.99. The Bertz CT molecular complexity index is 367. The summed E-state index contributed by atoms with van der Waals surface area (Å²) < 4.78 is 0. The maximum atomic E-state index is 12.2. The fourth-order valence-electron chi connectivity index (χ4n) is 2.47. The van der Waals surface area contributed by atoms with E-state index < -0.39 is 11.5 Å². The van der Waals surface area contributed by atoms with E-state index in [9.17, 15) is 9.59 Å². The van der Waals surface area contributed by atoms with E-state index in [1.807, 2.05) is 6.08 Å². The molecule has 17 heavy (non-hydrogen) atoms. The molecule has 1 saturated heterocycles. The van der Waals surface area contributed by atoms with E-state index >= 15 is 0 Å². The van der Waals surface area contributed by atoms with Crippen molar-refractivity contribution >= 4 is 11.9 Å². The Hall–Kier alpha value is -1.36. The Morgan fingerprint density at radius 3 is 2.71 bits per heavy atom. The Morgan fingerprint density at radius 1 is 1.41 bits per heavy atom. The van der Waals surface area contributed by atoms with Crippen LogP contribution in [0.25, 0.3) is 0 Å². The zero-order valence-electron chi connectivity index (χ0n) is 9.76. The van der Waals surface area contributed by atoms with Gasteiger partial charge >= 0.3 is 5.97 Å². The summed E-state index contributed by atoms with van der Waals surface area (Å²) in [6.07, 6.45) is 7.00. The number of carbonyl (C=O) groups excluding carboxylic acids is 1. The number of aliphatic carboxylic acids is 1. The van der Waals surface area contributed by atoms with Crippen LogP contribution in [-0.4, -0.2) is 40.5 Å². The second kappa shape index (κ2) is 4.49. The van der Waals surface area contributed by atoms with Gasteiger partial charge < -0.3 is 15.7 Å². The number of carboxylic acids is 1. The number of hydrogen-bond donors (Lipinski definition) is 2. The number of nitrogens with zero attached hydrogens (tertiary/aromatic N) is 1. The molecule has 2 rings (SSSR count). The molecule has 5 heteroatoms. The Balaban J connectivity index is 1.98. The number of carboxylic acid groups (broad SMARTS) is 1. The zero-order chi connectivity index (χ0) is 12.5. The molecule has 1 heterocycles. The predicted octanol–water partition coefficient (Wildman–Crippen LogP) is 0.357. The Kier molecular flexibility index (Phi) is 3.19. The van der Waals surface area contributed by atoms with Gasteiger partial charge in [-0.25, -0.2) is 0 Å². The molecule has 1 fully saturated rings. The summed E-state index contributed by atoms with van der Waals surface area (Å²) in [7, 11) is 0. The maximum absolute atomic E-state index is 12.2. The van der Waals surface area contributed by atoms with Crippen molar-refractivity contribution in [3.8, 4) is 0 Å². The molecule has 0 aromatic carbocycles. The lowest BCUT2D eigenvalue weighted by Gasteiger charge is -2.25. The minimum absolute atomic E-state index is 0.0103. The van der Waals surface area contributed by atoms with Crippen LogP contribution < -0.4 is 5.73 Å². The van der Waals surface area contributed by atoms with Crippen LogP contribution >= 0.6 is 0 Å². The molecule has 2 atom stereocenters. The van der Waals surface area contributed by atoms with Gasteiger partial charge in [-0.05, 0) is 25.7 Å². The number of allylic oxidation sites excluding steroid dienone is 2. The van der Waals surface area contributed by atoms with Crippen molar-refractivity contribution in [1.29, 1.82) is 0 Å². The highest BCUT2D eigenvalue weighted by atomic mass is 16.4. The summed E-state index contributed by atoms with van der Waals surface area (Å²) in [5.74, 6) is -0.949. The SMILES string of the molecule is NC1(C(=O)O)CCN(C(=O)C2CC=CCC2)C1. The third-order valence-electron chi connectivity index (χ3n) is 3.66. The lowest BCUT2D eigenvalue weighted by Crippen LogP contribution is -2.51. The molecule has 0 bridgehead atoms. The lowest BCUT2D eigenvalue weighted by atomic mass is 9.93. The van der Waals surface area contributed by atoms with E-state index in [1.165, 1.54) is 0 Å². The first-order chi connectivity index (χ1) is 8.03. The summed E-state index contributed by atoms with van der Waals surface area (Å²) in [5, 5.41) is 9.01. The van der Waals surface area contributed by atoms with Gasteiger partial charge in [-0.15, -0.1) is 0 Å². The van der Waals surface area contributed by atoms with Gasteiger partial charge in [0.05, 0.1) is 0 Å². The molecule has 0 saturated carbocycles. The van der Waals surface area contributed by atoms with Gasteiger partial charge in [0.25, 0.3) is 0 Å². The fraction of sp³-hybridized carbons (Fsp3) is 0.667. The topological polar surface area (TPSA) is 83.6 Å². The molecule has 0 aromatic heterocycles. The number of nitrogens with two attached hydrogens (primary N) is 1. The highest BCUT2D eigenvalue weighted by molar-refractivity contribution is 5.84. The highest BCUT2D eigenvalue weighted by Gasteiger charge is 2.43. The number of carbonyl (C=O) groups is 2. The monoisotopic (exact) mass is 238 g/mol. The standard InChI is InChI=1S/C12H18N2O3/c13-12(11(16)17)6-7-14(8-12)10(15)9-4-2-1-3-5-9/h1-2,9H,3-8,13H2,(H,16,17). The van der Waals surface area contributed by atoms with Gasteiger partial charge in [0, 0.05) is 19.0 Å². The van der Waals surface area contributed by atoms with Gasteiger partial charge in [0.15, 0.2) is 0 Å². The van der Waals surface area contributed by atoms with Gasteiger partial charge in [0.2, 0.25) is 5.91 Å². The highest BCUT2D eigenvalue weighted by Crippen LogP contribution is 2.25. The van der Waals surface area contributed by atoms with E-state index in [1.54, 1.807) is 4.90 Å². The minimum atomic E-state index is -1.25. The quantitative estimate of drug-likeness (QED) is 0.680. The van der Waals surface area contributed by atoms with Crippen molar-refractivity contribution < 1.29 is 14.7 Å². The maximum Gasteiger partial charge on any atom is 0.325 e. The molecule has 94 valence electrons. The van der Waals surface area contributed by atoms with Crippen LogP contribution in [0.15, 0.2) is 12.2 Å². The van der Waals surface area contributed by atoms with E-state index in [0.717, 1.165) is 19.3 Å². The summed E-state index contributed by atoms with van der Waals surface area (Å²) in [6, 6.07) is 0. The summed E-state index contributed by atoms with van der Waals surface area (Å²) in [4.78, 5) is 24.8. The van der Waals surface area contributed by atoms with Crippen molar-refractivity contribution in [2.75, 3.05) is 13.1 Å². The van der Waals surface area contributed by atoms with E-state index in [4.69, 9.17) is 10.8 Å². The molecule has 5 nitrogen and oxygen atoms in total. The van der Waals surface area contributed by atoms with Crippen LogP contribution in [0.3, 0.4) is 0 Å². The van der Waals surface area contributed by atoms with Crippen LogP contribution in [0.5, 0.6) is 0 Å². The number of hydrogen-bond acceptors (Lipinski definition) is 3. The molecule has 3 N–H and O–H groups in total. The van der Waals surface area contributed by atoms with Crippen molar-refractivity contribution in [2.45, 2.75) is 31.2 Å². The van der Waals surface area contributed by atoms with Gasteiger partial charge in [-0.2, -0.15) is 0 Å². The molecule has 1 aliphatic carbocycles. The van der Waals surface area contributed by atoms with Crippen LogP contribution in [0.1, 0.15) is 25.7 Å². The van der Waals surface area contributed by atoms with Crippen LogP contribution in [0.4, 0.5) is 0 Å². The minimum Gasteiger partial charge on any atom is -0.480 e. The number of likely N-dealkylation sites (tertiary alicyclic amines) is 1. The predicted molar refractivity (Wildman–Crippen MR) is 62.2 cm³/mol. The molecule has 0 aromatic rings. The molecular formula is C12H18N2O3. The zero-order valence-corrected chi connectivity index (χ0v) is 9.76. The van der Waals surface area contributed by atoms with Crippen molar-refractivity contribution in [3.63, 3.8) is 0 Å². The number of rotatable bonds is 2. The second-order valence-electron chi connectivity index (χ2n) is 4.95. The van der Waals surface area contributed by atoms with Crippen molar-refractivity contribution in [1.82, 2.24) is 4.90 Å². The molecule has 1 amide bonds. The van der Waals surface area contributed by atoms with Crippen molar-refractivity contribution in [2.24, 2.45) is 11.7 Å². The molecule has 1 aliphatic heterocycles. The smallest absolute Gasteiger partial charge is 0.325 e. The molecule has 2 unspecified atom stereocenters. The lowest BCUT2D eigenvalue weighted by molar-refractivity contribution is -0.143. The largest absolute Gasteiger partial charge is 0.480 e. The van der Waals surface area contributed by atoms with Gasteiger partial charge in [-0.1, -0.05) is 12.2 Å². The van der Waals surface area contributed by atoms with E-state index in [0.29, 0.717) is 13.0 Å². The third-order valence-corrected chi connectivity index (χ3v) is 3.66. The summed E-state index contributed by atoms with van der Waals surface area (Å²) in [5.41, 5.74) is 4.50. The first kappa shape index (κ1) is 12.1. The van der Waals surface area contributed by atoms with Crippen molar-refractivity contribution in [3.05, 3.63) is 12.2 Å². The molecule has 2 aliphatic rings. The summed E-state index contributed by atoms with van der Waals surface area (Å²) in [6.45, 7) is 0.600. The van der Waals surface area contributed by atoms with E-state index in [2.05, 4.69) is 6.08 Å².